The van der Waals surface area contributed by atoms with Crippen LogP contribution in [0.15, 0.2) is 30.3 Å². The number of benzene rings is 1. The Labute approximate surface area is 82.9 Å². The minimum atomic E-state index is -0.113. The predicted molar refractivity (Wildman–Crippen MR) is 52.0 cm³/mol. The maximum atomic E-state index is 11.3. The Bertz CT molecular complexity index is 371. The summed E-state index contributed by atoms with van der Waals surface area (Å²) in [5, 5.41) is 0. The van der Waals surface area contributed by atoms with Crippen molar-refractivity contribution in [1.82, 2.24) is 0 Å². The van der Waals surface area contributed by atoms with E-state index in [1.54, 1.807) is 0 Å². The molecule has 1 aromatic carbocycles. The van der Waals surface area contributed by atoms with Gasteiger partial charge in [0.1, 0.15) is 11.7 Å². The second-order valence-electron chi connectivity index (χ2n) is 4.19. The summed E-state index contributed by atoms with van der Waals surface area (Å²) in [5.74, 6) is 0.293. The molecule has 14 heavy (non-hydrogen) atoms. The van der Waals surface area contributed by atoms with Gasteiger partial charge in [-0.1, -0.05) is 30.3 Å². The molecule has 2 fully saturated rings. The van der Waals surface area contributed by atoms with Crippen LogP contribution in [0.3, 0.4) is 0 Å². The number of epoxide rings is 1. The summed E-state index contributed by atoms with van der Waals surface area (Å²) in [5.41, 5.74) is 1.16. The molecule has 0 spiro atoms. The van der Waals surface area contributed by atoms with Crippen molar-refractivity contribution in [2.45, 2.75) is 31.0 Å². The van der Waals surface area contributed by atoms with E-state index in [-0.39, 0.29) is 11.7 Å². The van der Waals surface area contributed by atoms with Gasteiger partial charge < -0.3 is 4.74 Å². The third-order valence-electron chi connectivity index (χ3n) is 3.21. The fourth-order valence-electron chi connectivity index (χ4n) is 2.38. The van der Waals surface area contributed by atoms with Crippen LogP contribution < -0.4 is 0 Å². The molecular weight excluding hydrogens is 176 g/mol. The van der Waals surface area contributed by atoms with Crippen LogP contribution in [0.1, 0.15) is 18.4 Å². The first-order valence-electron chi connectivity index (χ1n) is 5.05. The molecule has 1 aliphatic heterocycles. The molecule has 2 nitrogen and oxygen atoms in total. The zero-order chi connectivity index (χ0) is 9.60. The molecule has 0 amide bonds. The number of carbonyl (C=O) groups excluding carboxylic acids is 1. The molecular formula is C12H12O2. The molecule has 0 N–H and O–H groups in total. The Kier molecular flexibility index (Phi) is 1.56. The fraction of sp³-hybridized carbons (Fsp3) is 0.417. The van der Waals surface area contributed by atoms with E-state index >= 15 is 0 Å². The third-order valence-corrected chi connectivity index (χ3v) is 3.21. The zero-order valence-corrected chi connectivity index (χ0v) is 7.90. The molecule has 72 valence electrons. The molecule has 0 unspecified atom stereocenters. The first-order chi connectivity index (χ1) is 6.80. The molecule has 2 heteroatoms. The number of ether oxygens (including phenoxy) is 1. The average molecular weight is 188 g/mol. The van der Waals surface area contributed by atoms with E-state index in [1.165, 1.54) is 5.56 Å². The SMILES string of the molecule is O=C1CC[C@]2(Cc3ccccc3)O[C@H]12. The van der Waals surface area contributed by atoms with Gasteiger partial charge in [0, 0.05) is 12.8 Å². The first kappa shape index (κ1) is 8.18. The Morgan fingerprint density at radius 3 is 2.71 bits per heavy atom. The summed E-state index contributed by atoms with van der Waals surface area (Å²) in [7, 11) is 0. The van der Waals surface area contributed by atoms with E-state index < -0.39 is 0 Å². The van der Waals surface area contributed by atoms with Gasteiger partial charge in [-0.2, -0.15) is 0 Å². The standard InChI is InChI=1S/C12H12O2/c13-10-6-7-12(11(10)14-12)8-9-4-2-1-3-5-9/h1-5,11H,6-8H2/t11-,12-/m1/s1. The van der Waals surface area contributed by atoms with Crippen molar-refractivity contribution in [3.05, 3.63) is 35.9 Å². The van der Waals surface area contributed by atoms with Crippen LogP contribution in [0.4, 0.5) is 0 Å². The average Bonchev–Trinajstić information content (AvgIpc) is 2.84. The summed E-state index contributed by atoms with van der Waals surface area (Å²) in [4.78, 5) is 11.3. The van der Waals surface area contributed by atoms with Crippen LogP contribution in [-0.4, -0.2) is 17.5 Å². The largest absolute Gasteiger partial charge is 0.357 e. The second-order valence-corrected chi connectivity index (χ2v) is 4.19. The van der Waals surface area contributed by atoms with E-state index in [9.17, 15) is 4.79 Å². The van der Waals surface area contributed by atoms with Crippen LogP contribution >= 0.6 is 0 Å². The highest BCUT2D eigenvalue weighted by Gasteiger charge is 2.63. The quantitative estimate of drug-likeness (QED) is 0.661. The van der Waals surface area contributed by atoms with Crippen molar-refractivity contribution in [3.63, 3.8) is 0 Å². The lowest BCUT2D eigenvalue weighted by Gasteiger charge is -2.06. The number of Topliss-reactive ketones (excluding diaryl/α,β-unsaturated/α-hetero) is 1. The maximum absolute atomic E-state index is 11.3. The minimum absolute atomic E-state index is 0.0808. The van der Waals surface area contributed by atoms with Gasteiger partial charge in [0.15, 0.2) is 5.78 Å². The molecule has 1 saturated heterocycles. The van der Waals surface area contributed by atoms with Gasteiger partial charge in [-0.05, 0) is 12.0 Å². The van der Waals surface area contributed by atoms with Crippen molar-refractivity contribution in [2.75, 3.05) is 0 Å². The van der Waals surface area contributed by atoms with Gasteiger partial charge in [0.25, 0.3) is 0 Å². The van der Waals surface area contributed by atoms with Crippen LogP contribution in [0.2, 0.25) is 0 Å². The minimum Gasteiger partial charge on any atom is -0.357 e. The number of fused-ring (bicyclic) bond motifs is 1. The summed E-state index contributed by atoms with van der Waals surface area (Å²) >= 11 is 0. The van der Waals surface area contributed by atoms with Crippen LogP contribution in [-0.2, 0) is 16.0 Å². The lowest BCUT2D eigenvalue weighted by molar-refractivity contribution is -0.120. The molecule has 2 aliphatic rings. The van der Waals surface area contributed by atoms with E-state index in [0.717, 1.165) is 12.8 Å². The molecule has 0 radical (unpaired) electrons. The van der Waals surface area contributed by atoms with Crippen molar-refractivity contribution < 1.29 is 9.53 Å². The van der Waals surface area contributed by atoms with E-state index in [2.05, 4.69) is 12.1 Å². The molecule has 2 atom stereocenters. The van der Waals surface area contributed by atoms with Crippen LogP contribution in [0.25, 0.3) is 0 Å². The predicted octanol–water partition coefficient (Wildman–Crippen LogP) is 1.73. The van der Waals surface area contributed by atoms with Crippen molar-refractivity contribution in [3.8, 4) is 0 Å². The van der Waals surface area contributed by atoms with Crippen LogP contribution in [0.5, 0.6) is 0 Å². The molecule has 1 aliphatic carbocycles. The Hall–Kier alpha value is -1.15. The Morgan fingerprint density at radius 1 is 1.36 bits per heavy atom. The number of ketones is 1. The van der Waals surface area contributed by atoms with Gasteiger partial charge in [-0.25, -0.2) is 0 Å². The second kappa shape index (κ2) is 2.67. The highest BCUT2D eigenvalue weighted by atomic mass is 16.6. The lowest BCUT2D eigenvalue weighted by Crippen LogP contribution is -2.14. The molecule has 0 aromatic heterocycles. The zero-order valence-electron chi connectivity index (χ0n) is 7.90. The topological polar surface area (TPSA) is 29.6 Å². The Balaban J connectivity index is 1.78. The summed E-state index contributed by atoms with van der Waals surface area (Å²) < 4.78 is 5.51. The van der Waals surface area contributed by atoms with Gasteiger partial charge in [0.05, 0.1) is 0 Å². The monoisotopic (exact) mass is 188 g/mol. The van der Waals surface area contributed by atoms with E-state index in [0.29, 0.717) is 12.2 Å². The van der Waals surface area contributed by atoms with Crippen molar-refractivity contribution in [1.29, 1.82) is 0 Å². The summed E-state index contributed by atoms with van der Waals surface area (Å²) in [6, 6.07) is 10.2. The lowest BCUT2D eigenvalue weighted by atomic mass is 9.97. The molecule has 1 saturated carbocycles. The highest BCUT2D eigenvalue weighted by Crippen LogP contribution is 2.49. The number of carbonyl (C=O) groups is 1. The van der Waals surface area contributed by atoms with E-state index in [1.807, 2.05) is 18.2 Å². The normalized spacial score (nSPS) is 34.3. The number of rotatable bonds is 2. The number of hydrogen-bond donors (Lipinski definition) is 0. The van der Waals surface area contributed by atoms with Crippen LogP contribution in [0, 0.1) is 0 Å². The van der Waals surface area contributed by atoms with E-state index in [4.69, 9.17) is 4.74 Å². The first-order valence-corrected chi connectivity index (χ1v) is 5.05. The third kappa shape index (κ3) is 1.11. The van der Waals surface area contributed by atoms with Gasteiger partial charge in [0.2, 0.25) is 0 Å². The van der Waals surface area contributed by atoms with Crippen molar-refractivity contribution >= 4 is 5.78 Å². The van der Waals surface area contributed by atoms with Crippen molar-refractivity contribution in [2.24, 2.45) is 0 Å². The summed E-state index contributed by atoms with van der Waals surface area (Å²) in [6.07, 6.45) is 2.43. The van der Waals surface area contributed by atoms with Gasteiger partial charge in [-0.15, -0.1) is 0 Å². The molecule has 1 aromatic rings. The highest BCUT2D eigenvalue weighted by molar-refractivity contribution is 5.90. The fourth-order valence-corrected chi connectivity index (χ4v) is 2.38. The molecule has 1 heterocycles. The number of hydrogen-bond acceptors (Lipinski definition) is 2. The van der Waals surface area contributed by atoms with Gasteiger partial charge in [-0.3, -0.25) is 4.79 Å². The molecule has 0 bridgehead atoms. The Morgan fingerprint density at radius 2 is 2.14 bits per heavy atom. The molecule has 3 rings (SSSR count). The maximum Gasteiger partial charge on any atom is 0.164 e. The van der Waals surface area contributed by atoms with Gasteiger partial charge >= 0.3 is 0 Å². The summed E-state index contributed by atoms with van der Waals surface area (Å²) in [6.45, 7) is 0. The smallest absolute Gasteiger partial charge is 0.164 e.